The van der Waals surface area contributed by atoms with Crippen molar-refractivity contribution in [2.24, 2.45) is 0 Å². The number of nitriles is 1. The zero-order valence-electron chi connectivity index (χ0n) is 9.72. The third kappa shape index (κ3) is 3.53. The van der Waals surface area contributed by atoms with Crippen molar-refractivity contribution in [3.8, 4) is 6.07 Å². The van der Waals surface area contributed by atoms with Gasteiger partial charge in [-0.1, -0.05) is 23.9 Å². The van der Waals surface area contributed by atoms with E-state index in [9.17, 15) is 4.79 Å². The molecule has 1 aromatic carbocycles. The number of benzene rings is 1. The van der Waals surface area contributed by atoms with Gasteiger partial charge in [-0.3, -0.25) is 4.79 Å². The number of aliphatic carboxylic acids is 1. The van der Waals surface area contributed by atoms with Gasteiger partial charge < -0.3 is 5.11 Å². The maximum absolute atomic E-state index is 10.6. The highest BCUT2D eigenvalue weighted by Crippen LogP contribution is 2.19. The Morgan fingerprint density at radius 1 is 1.42 bits per heavy atom. The average Bonchev–Trinajstić information content (AvgIpc) is 2.83. The van der Waals surface area contributed by atoms with Gasteiger partial charge in [-0.25, -0.2) is 4.68 Å². The first-order chi connectivity index (χ1) is 9.19. The summed E-state index contributed by atoms with van der Waals surface area (Å²) in [6, 6.07) is 9.20. The normalized spacial score (nSPS) is 10.1. The van der Waals surface area contributed by atoms with E-state index >= 15 is 0 Å². The summed E-state index contributed by atoms with van der Waals surface area (Å²) in [4.78, 5) is 10.6. The number of aromatic nitrogens is 4. The molecule has 1 N–H and O–H groups in total. The van der Waals surface area contributed by atoms with Gasteiger partial charge in [0.1, 0.15) is 6.54 Å². The molecule has 2 rings (SSSR count). The first-order valence-electron chi connectivity index (χ1n) is 5.29. The summed E-state index contributed by atoms with van der Waals surface area (Å²) in [5.41, 5.74) is 1.61. The van der Waals surface area contributed by atoms with E-state index in [1.807, 2.05) is 18.2 Å². The van der Waals surface area contributed by atoms with Gasteiger partial charge in [-0.2, -0.15) is 5.26 Å². The van der Waals surface area contributed by atoms with E-state index in [-0.39, 0.29) is 6.54 Å². The smallest absolute Gasteiger partial charge is 0.325 e. The van der Waals surface area contributed by atoms with Crippen molar-refractivity contribution in [3.05, 3.63) is 35.4 Å². The largest absolute Gasteiger partial charge is 0.480 e. The van der Waals surface area contributed by atoms with Gasteiger partial charge in [0.25, 0.3) is 0 Å². The number of carboxylic acids is 1. The van der Waals surface area contributed by atoms with Crippen LogP contribution in [0.2, 0.25) is 0 Å². The fourth-order valence-electron chi connectivity index (χ4n) is 1.35. The van der Waals surface area contributed by atoms with Gasteiger partial charge in [0.2, 0.25) is 5.16 Å². The van der Waals surface area contributed by atoms with Gasteiger partial charge in [-0.15, -0.1) is 5.10 Å². The van der Waals surface area contributed by atoms with Crippen LogP contribution < -0.4 is 0 Å². The highest BCUT2D eigenvalue weighted by atomic mass is 32.2. The lowest BCUT2D eigenvalue weighted by Crippen LogP contribution is -2.11. The standard InChI is InChI=1S/C11H9N5O2S/c12-5-8-1-3-9(4-2-8)7-19-11-13-14-15-16(11)6-10(17)18/h1-4H,6-7H2,(H,17,18). The Kier molecular flexibility index (Phi) is 4.10. The second-order valence-corrected chi connectivity index (χ2v) is 4.55. The average molecular weight is 275 g/mol. The molecule has 0 amide bonds. The molecule has 96 valence electrons. The summed E-state index contributed by atoms with van der Waals surface area (Å²) in [6.45, 7) is -0.261. The minimum atomic E-state index is -0.993. The fraction of sp³-hybridized carbons (Fsp3) is 0.182. The molecular formula is C11H9N5O2S. The number of carboxylic acid groups (broad SMARTS) is 1. The van der Waals surface area contributed by atoms with Crippen LogP contribution in [0, 0.1) is 11.3 Å². The summed E-state index contributed by atoms with van der Waals surface area (Å²) in [6.07, 6.45) is 0. The van der Waals surface area contributed by atoms with Gasteiger partial charge in [0.05, 0.1) is 11.6 Å². The third-order valence-electron chi connectivity index (χ3n) is 2.24. The molecule has 0 radical (unpaired) electrons. The quantitative estimate of drug-likeness (QED) is 0.809. The van der Waals surface area contributed by atoms with Crippen molar-refractivity contribution >= 4 is 17.7 Å². The Bertz CT molecular complexity index is 617. The number of tetrazole rings is 1. The Morgan fingerprint density at radius 3 is 2.79 bits per heavy atom. The molecular weight excluding hydrogens is 266 g/mol. The number of carbonyl (C=O) groups is 1. The van der Waals surface area contributed by atoms with Gasteiger partial charge >= 0.3 is 5.97 Å². The van der Waals surface area contributed by atoms with Crippen LogP contribution in [-0.2, 0) is 17.1 Å². The topological polar surface area (TPSA) is 105 Å². The first kappa shape index (κ1) is 13.0. The molecule has 0 spiro atoms. The lowest BCUT2D eigenvalue weighted by Gasteiger charge is -2.02. The van der Waals surface area contributed by atoms with Crippen molar-refractivity contribution in [3.63, 3.8) is 0 Å². The Morgan fingerprint density at radius 2 is 2.16 bits per heavy atom. The Balaban J connectivity index is 2.00. The predicted octanol–water partition coefficient (Wildman–Crippen LogP) is 0.922. The zero-order valence-corrected chi connectivity index (χ0v) is 10.5. The molecule has 0 fully saturated rings. The molecule has 0 unspecified atom stereocenters. The van der Waals surface area contributed by atoms with Crippen LogP contribution in [0.5, 0.6) is 0 Å². The third-order valence-corrected chi connectivity index (χ3v) is 3.26. The van der Waals surface area contributed by atoms with E-state index in [0.717, 1.165) is 5.56 Å². The maximum Gasteiger partial charge on any atom is 0.325 e. The van der Waals surface area contributed by atoms with E-state index in [1.165, 1.54) is 16.4 Å². The second-order valence-electron chi connectivity index (χ2n) is 3.61. The fourth-order valence-corrected chi connectivity index (χ4v) is 2.18. The molecule has 0 saturated carbocycles. The molecule has 7 nitrogen and oxygen atoms in total. The van der Waals surface area contributed by atoms with Crippen molar-refractivity contribution in [1.29, 1.82) is 5.26 Å². The van der Waals surface area contributed by atoms with Gasteiger partial charge in [-0.05, 0) is 28.1 Å². The molecule has 8 heteroatoms. The van der Waals surface area contributed by atoms with E-state index in [4.69, 9.17) is 10.4 Å². The van der Waals surface area contributed by atoms with Crippen LogP contribution in [0.4, 0.5) is 0 Å². The van der Waals surface area contributed by atoms with Crippen LogP contribution in [0.15, 0.2) is 29.4 Å². The number of nitrogens with zero attached hydrogens (tertiary/aromatic N) is 5. The summed E-state index contributed by atoms with van der Waals surface area (Å²) in [5.74, 6) is -0.390. The zero-order chi connectivity index (χ0) is 13.7. The van der Waals surface area contributed by atoms with E-state index < -0.39 is 5.97 Å². The molecule has 0 aliphatic rings. The second kappa shape index (κ2) is 5.97. The van der Waals surface area contributed by atoms with Crippen LogP contribution in [0.25, 0.3) is 0 Å². The summed E-state index contributed by atoms with van der Waals surface area (Å²) in [5, 5.41) is 28.7. The van der Waals surface area contributed by atoms with Crippen LogP contribution in [-0.4, -0.2) is 31.3 Å². The Labute approximate surface area is 112 Å². The number of rotatable bonds is 5. The van der Waals surface area contributed by atoms with Crippen LogP contribution in [0.1, 0.15) is 11.1 Å². The molecule has 0 aliphatic carbocycles. The van der Waals surface area contributed by atoms with Crippen molar-refractivity contribution < 1.29 is 9.90 Å². The molecule has 0 atom stereocenters. The highest BCUT2D eigenvalue weighted by Gasteiger charge is 2.09. The summed E-state index contributed by atoms with van der Waals surface area (Å²) >= 11 is 1.34. The van der Waals surface area contributed by atoms with Crippen molar-refractivity contribution in [2.45, 2.75) is 17.5 Å². The van der Waals surface area contributed by atoms with E-state index in [2.05, 4.69) is 15.5 Å². The molecule has 1 aromatic heterocycles. The van der Waals surface area contributed by atoms with Crippen LogP contribution >= 0.6 is 11.8 Å². The van der Waals surface area contributed by atoms with Crippen LogP contribution in [0.3, 0.4) is 0 Å². The minimum Gasteiger partial charge on any atom is -0.480 e. The lowest BCUT2D eigenvalue weighted by molar-refractivity contribution is -0.138. The van der Waals surface area contributed by atoms with Crippen molar-refractivity contribution in [1.82, 2.24) is 20.2 Å². The SMILES string of the molecule is N#Cc1ccc(CSc2nnnn2CC(=O)O)cc1. The minimum absolute atomic E-state index is 0.261. The summed E-state index contributed by atoms with van der Waals surface area (Å²) in [7, 11) is 0. The molecule has 2 aromatic rings. The van der Waals surface area contributed by atoms with E-state index in [0.29, 0.717) is 16.5 Å². The first-order valence-corrected chi connectivity index (χ1v) is 6.27. The summed E-state index contributed by atoms with van der Waals surface area (Å²) < 4.78 is 1.23. The predicted molar refractivity (Wildman–Crippen MR) is 66.2 cm³/mol. The van der Waals surface area contributed by atoms with Gasteiger partial charge in [0.15, 0.2) is 0 Å². The number of hydrogen-bond acceptors (Lipinski definition) is 6. The highest BCUT2D eigenvalue weighted by molar-refractivity contribution is 7.98. The van der Waals surface area contributed by atoms with Gasteiger partial charge in [0, 0.05) is 5.75 Å². The Hall–Kier alpha value is -2.40. The molecule has 0 bridgehead atoms. The number of thioether (sulfide) groups is 1. The van der Waals surface area contributed by atoms with E-state index in [1.54, 1.807) is 12.1 Å². The molecule has 0 saturated heterocycles. The maximum atomic E-state index is 10.6. The molecule has 0 aliphatic heterocycles. The monoisotopic (exact) mass is 275 g/mol. The van der Waals surface area contributed by atoms with Crippen molar-refractivity contribution in [2.75, 3.05) is 0 Å². The number of hydrogen-bond donors (Lipinski definition) is 1. The molecule has 19 heavy (non-hydrogen) atoms. The molecule has 1 heterocycles. The lowest BCUT2D eigenvalue weighted by atomic mass is 10.2.